The second kappa shape index (κ2) is 14.0. The van der Waals surface area contributed by atoms with Gasteiger partial charge < -0.3 is 19.3 Å². The third-order valence-corrected chi connectivity index (χ3v) is 8.06. The van der Waals surface area contributed by atoms with Gasteiger partial charge in [-0.1, -0.05) is 57.7 Å². The molecule has 41 heavy (non-hydrogen) atoms. The average molecular weight is 561 g/mol. The lowest BCUT2D eigenvalue weighted by Crippen LogP contribution is -2.44. The fraction of sp³-hybridized carbons (Fsp3) is 0.457. The lowest BCUT2D eigenvalue weighted by atomic mass is 9.95. The van der Waals surface area contributed by atoms with Crippen LogP contribution in [0.2, 0.25) is 0 Å². The molecule has 0 spiro atoms. The summed E-state index contributed by atoms with van der Waals surface area (Å²) in [6.07, 6.45) is 12.2. The van der Waals surface area contributed by atoms with E-state index in [1.165, 1.54) is 37.3 Å². The van der Waals surface area contributed by atoms with Gasteiger partial charge in [-0.2, -0.15) is 0 Å². The molecule has 2 atom stereocenters. The van der Waals surface area contributed by atoms with E-state index in [1.54, 1.807) is 18.2 Å². The summed E-state index contributed by atoms with van der Waals surface area (Å²) >= 11 is 0. The van der Waals surface area contributed by atoms with E-state index in [-0.39, 0.29) is 23.6 Å². The Bertz CT molecular complexity index is 1400. The van der Waals surface area contributed by atoms with Crippen molar-refractivity contribution in [3.8, 4) is 11.3 Å². The Morgan fingerprint density at radius 3 is 2.44 bits per heavy atom. The Morgan fingerprint density at radius 2 is 1.76 bits per heavy atom. The number of carbonyl (C=O) groups is 1. The topological polar surface area (TPSA) is 54.7 Å². The molecule has 6 heteroatoms. The van der Waals surface area contributed by atoms with Crippen LogP contribution in [-0.4, -0.2) is 45.8 Å². The lowest BCUT2D eigenvalue weighted by Gasteiger charge is -2.37. The third-order valence-electron chi connectivity index (χ3n) is 8.06. The van der Waals surface area contributed by atoms with Crippen LogP contribution in [0.15, 0.2) is 54.8 Å². The monoisotopic (exact) mass is 560 g/mol. The van der Waals surface area contributed by atoms with Crippen molar-refractivity contribution in [2.75, 3.05) is 13.1 Å². The molecule has 1 N–H and O–H groups in total. The highest BCUT2D eigenvalue weighted by molar-refractivity contribution is 5.98. The van der Waals surface area contributed by atoms with Crippen molar-refractivity contribution in [2.45, 2.75) is 91.4 Å². The summed E-state index contributed by atoms with van der Waals surface area (Å²) in [5.74, 6) is -1.23. The van der Waals surface area contributed by atoms with Crippen LogP contribution in [0.1, 0.15) is 87.7 Å². The first-order valence-corrected chi connectivity index (χ1v) is 15.2. The van der Waals surface area contributed by atoms with Gasteiger partial charge >= 0.3 is 5.97 Å². The number of aromatic carboxylic acids is 1. The average Bonchev–Trinajstić information content (AvgIpc) is 3.25. The molecular formula is C35H45FN2O3. The van der Waals surface area contributed by atoms with Crippen molar-refractivity contribution in [1.82, 2.24) is 9.47 Å². The molecule has 3 aromatic rings. The zero-order valence-corrected chi connectivity index (χ0v) is 25.1. The number of allylic oxidation sites excluding steroid dienone is 1. The Morgan fingerprint density at radius 1 is 1.05 bits per heavy atom. The number of unbranched alkanes of at least 4 members (excludes halogenated alkanes) is 5. The largest absolute Gasteiger partial charge is 0.478 e. The minimum absolute atomic E-state index is 0.120. The van der Waals surface area contributed by atoms with E-state index in [4.69, 9.17) is 4.74 Å². The molecule has 0 bridgehead atoms. The number of aryl methyl sites for hydroxylation is 2. The van der Waals surface area contributed by atoms with Crippen molar-refractivity contribution in [2.24, 2.45) is 0 Å². The number of fused-ring (bicyclic) bond motifs is 1. The predicted octanol–water partition coefficient (Wildman–Crippen LogP) is 8.70. The Kier molecular flexibility index (Phi) is 10.4. The van der Waals surface area contributed by atoms with E-state index in [0.717, 1.165) is 65.8 Å². The van der Waals surface area contributed by atoms with Gasteiger partial charge in [-0.25, -0.2) is 9.18 Å². The number of nitrogens with zero attached hydrogens (tertiary/aromatic N) is 2. The van der Waals surface area contributed by atoms with Crippen LogP contribution in [0, 0.1) is 5.82 Å². The van der Waals surface area contributed by atoms with Crippen LogP contribution in [-0.2, 0) is 17.7 Å². The highest BCUT2D eigenvalue weighted by Gasteiger charge is 2.23. The molecule has 2 heterocycles. The maximum atomic E-state index is 14.7. The number of halogens is 1. The molecule has 220 valence electrons. The van der Waals surface area contributed by atoms with Crippen LogP contribution in [0.3, 0.4) is 0 Å². The fourth-order valence-corrected chi connectivity index (χ4v) is 6.12. The van der Waals surface area contributed by atoms with Gasteiger partial charge in [0.15, 0.2) is 0 Å². The summed E-state index contributed by atoms with van der Waals surface area (Å²) in [7, 11) is 0. The van der Waals surface area contributed by atoms with E-state index in [2.05, 4.69) is 43.7 Å². The molecule has 1 aliphatic rings. The summed E-state index contributed by atoms with van der Waals surface area (Å²) in [5, 5.41) is 10.8. The van der Waals surface area contributed by atoms with Gasteiger partial charge in [0, 0.05) is 41.8 Å². The highest BCUT2D eigenvalue weighted by atomic mass is 19.1. The quantitative estimate of drug-likeness (QED) is 0.168. The van der Waals surface area contributed by atoms with Gasteiger partial charge in [-0.05, 0) is 81.1 Å². The smallest absolute Gasteiger partial charge is 0.335 e. The number of carboxylic acids is 1. The van der Waals surface area contributed by atoms with Crippen molar-refractivity contribution < 1.29 is 19.0 Å². The number of hydrogen-bond donors (Lipinski definition) is 1. The molecule has 1 saturated heterocycles. The first-order valence-electron chi connectivity index (χ1n) is 15.2. The van der Waals surface area contributed by atoms with Crippen LogP contribution in [0.4, 0.5) is 4.39 Å². The number of morpholine rings is 1. The van der Waals surface area contributed by atoms with E-state index in [9.17, 15) is 14.3 Å². The van der Waals surface area contributed by atoms with Crippen molar-refractivity contribution >= 4 is 22.9 Å². The third kappa shape index (κ3) is 7.28. The highest BCUT2D eigenvalue weighted by Crippen LogP contribution is 2.38. The maximum absolute atomic E-state index is 14.7. The van der Waals surface area contributed by atoms with Gasteiger partial charge in [-0.3, -0.25) is 0 Å². The molecule has 4 rings (SSSR count). The number of rotatable bonds is 13. The zero-order valence-electron chi connectivity index (χ0n) is 25.1. The first kappa shape index (κ1) is 30.6. The molecular weight excluding hydrogens is 515 g/mol. The van der Waals surface area contributed by atoms with E-state index in [0.29, 0.717) is 6.54 Å². The van der Waals surface area contributed by atoms with Gasteiger partial charge in [-0.15, -0.1) is 0 Å². The normalized spacial score (nSPS) is 17.5. The molecule has 0 amide bonds. The summed E-state index contributed by atoms with van der Waals surface area (Å²) in [6, 6.07) is 10.4. The van der Waals surface area contributed by atoms with E-state index in [1.807, 2.05) is 24.3 Å². The molecule has 2 aromatic carbocycles. The molecule has 0 saturated carbocycles. The number of carboxylic acid groups (broad SMARTS) is 1. The number of benzene rings is 2. The predicted molar refractivity (Wildman–Crippen MR) is 167 cm³/mol. The van der Waals surface area contributed by atoms with Gasteiger partial charge in [0.05, 0.1) is 23.5 Å². The minimum atomic E-state index is -0.939. The van der Waals surface area contributed by atoms with Gasteiger partial charge in [0.2, 0.25) is 0 Å². The minimum Gasteiger partial charge on any atom is -0.478 e. The summed E-state index contributed by atoms with van der Waals surface area (Å²) in [4.78, 5) is 14.1. The Balaban J connectivity index is 1.77. The van der Waals surface area contributed by atoms with Gasteiger partial charge in [0.25, 0.3) is 0 Å². The zero-order chi connectivity index (χ0) is 29.5. The molecule has 1 aromatic heterocycles. The van der Waals surface area contributed by atoms with Crippen LogP contribution >= 0.6 is 0 Å². The summed E-state index contributed by atoms with van der Waals surface area (Å²) in [6.45, 7) is 14.9. The van der Waals surface area contributed by atoms with Crippen LogP contribution in [0.5, 0.6) is 0 Å². The molecule has 1 fully saturated rings. The molecule has 0 unspecified atom stereocenters. The maximum Gasteiger partial charge on any atom is 0.335 e. The van der Waals surface area contributed by atoms with E-state index >= 15 is 0 Å². The first-order chi connectivity index (χ1) is 19.7. The second-order valence-corrected chi connectivity index (χ2v) is 11.3. The molecule has 5 nitrogen and oxygen atoms in total. The molecule has 0 radical (unpaired) electrons. The summed E-state index contributed by atoms with van der Waals surface area (Å²) in [5.41, 5.74) is 6.00. The lowest BCUT2D eigenvalue weighted by molar-refractivity contribution is -0.0565. The van der Waals surface area contributed by atoms with Crippen LogP contribution < -0.4 is 0 Å². The van der Waals surface area contributed by atoms with Crippen molar-refractivity contribution in [3.63, 3.8) is 0 Å². The molecule has 0 aliphatic carbocycles. The SMILES string of the molecule is C=C(/C=C/c1cc(F)ccc1-c1c(CCCCCCCC)c2ccc(C(=O)O)cc2n1CC)N1C[C@@H](C)O[C@@H](C)C1. The Hall–Kier alpha value is -3.38. The standard InChI is InChI=1S/C35H45FN2O3/c1-6-8-9-10-11-12-13-32-31-18-16-28(35(39)40)21-33(31)38(7-2)34(32)30-19-17-29(36)20-27(30)15-14-24(3)37-22-25(4)41-26(5)23-37/h14-21,25-26H,3,6-13,22-23H2,1-2,4-5H3,(H,39,40)/b15-14+/t25-,26+. The number of ether oxygens (including phenoxy) is 1. The number of aromatic nitrogens is 1. The second-order valence-electron chi connectivity index (χ2n) is 11.3. The van der Waals surface area contributed by atoms with Crippen LogP contribution in [0.25, 0.3) is 28.2 Å². The molecule has 1 aliphatic heterocycles. The van der Waals surface area contributed by atoms with Gasteiger partial charge in [0.1, 0.15) is 5.82 Å². The number of hydrogen-bond acceptors (Lipinski definition) is 3. The fourth-order valence-electron chi connectivity index (χ4n) is 6.12. The van der Waals surface area contributed by atoms with E-state index < -0.39 is 5.97 Å². The van der Waals surface area contributed by atoms with Crippen molar-refractivity contribution in [1.29, 1.82) is 0 Å². The van der Waals surface area contributed by atoms with Crippen molar-refractivity contribution in [3.05, 3.63) is 77.3 Å². The summed E-state index contributed by atoms with van der Waals surface area (Å²) < 4.78 is 22.7. The Labute approximate surface area is 244 Å².